The van der Waals surface area contributed by atoms with Gasteiger partial charge in [-0.3, -0.25) is 4.79 Å². The molecule has 0 radical (unpaired) electrons. The van der Waals surface area contributed by atoms with Gasteiger partial charge in [-0.15, -0.1) is 11.3 Å². The van der Waals surface area contributed by atoms with E-state index < -0.39 is 0 Å². The zero-order valence-corrected chi connectivity index (χ0v) is 20.7. The summed E-state index contributed by atoms with van der Waals surface area (Å²) in [4.78, 5) is 27.0. The monoisotopic (exact) mass is 487 g/mol. The maximum Gasteiger partial charge on any atom is 0.264 e. The predicted octanol–water partition coefficient (Wildman–Crippen LogP) is 4.07. The van der Waals surface area contributed by atoms with Gasteiger partial charge in [0.2, 0.25) is 0 Å². The molecule has 1 amide bonds. The summed E-state index contributed by atoms with van der Waals surface area (Å²) in [5.41, 5.74) is 1.42. The van der Waals surface area contributed by atoms with Crippen LogP contribution >= 0.6 is 11.3 Å². The smallest absolute Gasteiger partial charge is 0.264 e. The molecule has 3 aromatic rings. The summed E-state index contributed by atoms with van der Waals surface area (Å²) >= 11 is 1.35. The first-order chi connectivity index (χ1) is 16.3. The standard InChI is InChI=1S/C24H30FN5O3S/c1-15-20-22(26-14-27-23(20)34-21(15)24(31)30(4)10-9-29(2)3)28-18-6-5-16(25)13-19(18)33-17-7-11-32-12-8-17/h5-6,13-14,17H,7-12H2,1-4H3,(H,26,27,28). The Morgan fingerprint density at radius 1 is 1.24 bits per heavy atom. The Balaban J connectivity index is 1.63. The third-order valence-corrected chi connectivity index (χ3v) is 7.00. The zero-order chi connectivity index (χ0) is 24.2. The van der Waals surface area contributed by atoms with Crippen LogP contribution in [-0.2, 0) is 4.74 Å². The third-order valence-electron chi connectivity index (χ3n) is 5.81. The molecule has 1 aliphatic rings. The number of thiophene rings is 1. The minimum Gasteiger partial charge on any atom is -0.488 e. The summed E-state index contributed by atoms with van der Waals surface area (Å²) in [7, 11) is 5.76. The minimum atomic E-state index is -0.374. The van der Waals surface area contributed by atoms with Crippen LogP contribution < -0.4 is 10.1 Å². The van der Waals surface area contributed by atoms with Crippen LogP contribution in [0.15, 0.2) is 24.5 Å². The minimum absolute atomic E-state index is 0.0358. The first-order valence-corrected chi connectivity index (χ1v) is 12.1. The highest BCUT2D eigenvalue weighted by Gasteiger charge is 2.23. The number of hydrogen-bond acceptors (Lipinski definition) is 8. The average Bonchev–Trinajstić information content (AvgIpc) is 3.16. The molecule has 2 aromatic heterocycles. The van der Waals surface area contributed by atoms with Crippen LogP contribution in [0, 0.1) is 12.7 Å². The number of benzene rings is 1. The lowest BCUT2D eigenvalue weighted by Crippen LogP contribution is -2.33. The highest BCUT2D eigenvalue weighted by Crippen LogP contribution is 2.37. The van der Waals surface area contributed by atoms with Gasteiger partial charge in [-0.2, -0.15) is 0 Å². The number of rotatable bonds is 8. The van der Waals surface area contributed by atoms with Crippen molar-refractivity contribution in [3.63, 3.8) is 0 Å². The number of amides is 1. The topological polar surface area (TPSA) is 79.8 Å². The van der Waals surface area contributed by atoms with E-state index in [4.69, 9.17) is 9.47 Å². The molecule has 0 saturated carbocycles. The molecular formula is C24H30FN5O3S. The van der Waals surface area contributed by atoms with Gasteiger partial charge in [0, 0.05) is 39.0 Å². The Labute approximate surface area is 202 Å². The Bertz CT molecular complexity index is 1160. The second kappa shape index (κ2) is 10.6. The molecule has 0 aliphatic carbocycles. The van der Waals surface area contributed by atoms with Gasteiger partial charge in [-0.05, 0) is 38.7 Å². The summed E-state index contributed by atoms with van der Waals surface area (Å²) in [6.45, 7) is 4.56. The molecule has 10 heteroatoms. The average molecular weight is 488 g/mol. The molecule has 0 spiro atoms. The molecule has 182 valence electrons. The van der Waals surface area contributed by atoms with Gasteiger partial charge in [0.25, 0.3) is 5.91 Å². The number of nitrogens with zero attached hydrogens (tertiary/aromatic N) is 4. The Hall–Kier alpha value is -2.82. The number of aryl methyl sites for hydroxylation is 1. The number of fused-ring (bicyclic) bond motifs is 1. The number of carbonyl (C=O) groups excluding carboxylic acids is 1. The van der Waals surface area contributed by atoms with E-state index in [1.165, 1.54) is 29.8 Å². The SMILES string of the molecule is Cc1c(C(=O)N(C)CCN(C)C)sc2ncnc(Nc3ccc(F)cc3OC3CCOCC3)c12. The molecule has 34 heavy (non-hydrogen) atoms. The first-order valence-electron chi connectivity index (χ1n) is 11.3. The van der Waals surface area contributed by atoms with Gasteiger partial charge in [-0.25, -0.2) is 14.4 Å². The fraction of sp³-hybridized carbons (Fsp3) is 0.458. The second-order valence-electron chi connectivity index (χ2n) is 8.68. The van der Waals surface area contributed by atoms with E-state index >= 15 is 0 Å². The quantitative estimate of drug-likeness (QED) is 0.513. The van der Waals surface area contributed by atoms with Crippen molar-refractivity contribution in [1.82, 2.24) is 19.8 Å². The zero-order valence-electron chi connectivity index (χ0n) is 19.9. The van der Waals surface area contributed by atoms with Gasteiger partial charge < -0.3 is 24.6 Å². The molecule has 0 bridgehead atoms. The van der Waals surface area contributed by atoms with Crippen LogP contribution in [0.3, 0.4) is 0 Å². The second-order valence-corrected chi connectivity index (χ2v) is 9.68. The first kappa shape index (κ1) is 24.3. The van der Waals surface area contributed by atoms with Crippen molar-refractivity contribution in [2.45, 2.75) is 25.9 Å². The van der Waals surface area contributed by atoms with Crippen molar-refractivity contribution in [2.75, 3.05) is 52.8 Å². The van der Waals surface area contributed by atoms with Crippen LogP contribution in [-0.4, -0.2) is 79.2 Å². The lowest BCUT2D eigenvalue weighted by Gasteiger charge is -2.24. The Morgan fingerprint density at radius 2 is 2.00 bits per heavy atom. The van der Waals surface area contributed by atoms with E-state index in [0.29, 0.717) is 46.7 Å². The third kappa shape index (κ3) is 5.45. The van der Waals surface area contributed by atoms with E-state index in [1.54, 1.807) is 18.0 Å². The van der Waals surface area contributed by atoms with Gasteiger partial charge in [-0.1, -0.05) is 0 Å². The molecule has 8 nitrogen and oxygen atoms in total. The molecule has 4 rings (SSSR count). The van der Waals surface area contributed by atoms with E-state index in [2.05, 4.69) is 15.3 Å². The van der Waals surface area contributed by atoms with Gasteiger partial charge in [0.1, 0.15) is 34.6 Å². The van der Waals surface area contributed by atoms with Crippen LogP contribution in [0.4, 0.5) is 15.9 Å². The normalized spacial score (nSPS) is 14.5. The highest BCUT2D eigenvalue weighted by molar-refractivity contribution is 7.20. The molecule has 1 aliphatic heterocycles. The van der Waals surface area contributed by atoms with Crippen LogP contribution in [0.1, 0.15) is 28.1 Å². The van der Waals surface area contributed by atoms with Crippen molar-refractivity contribution in [1.29, 1.82) is 0 Å². The molecule has 3 heterocycles. The Morgan fingerprint density at radius 3 is 2.74 bits per heavy atom. The molecule has 1 saturated heterocycles. The molecular weight excluding hydrogens is 457 g/mol. The van der Waals surface area contributed by atoms with Crippen molar-refractivity contribution in [3.8, 4) is 5.75 Å². The van der Waals surface area contributed by atoms with Crippen molar-refractivity contribution < 1.29 is 18.7 Å². The lowest BCUT2D eigenvalue weighted by molar-refractivity contribution is 0.0257. The number of carbonyl (C=O) groups is 1. The highest BCUT2D eigenvalue weighted by atomic mass is 32.1. The lowest BCUT2D eigenvalue weighted by atomic mass is 10.1. The predicted molar refractivity (Wildman–Crippen MR) is 132 cm³/mol. The van der Waals surface area contributed by atoms with Crippen molar-refractivity contribution in [3.05, 3.63) is 40.8 Å². The van der Waals surface area contributed by atoms with Gasteiger partial charge in [0.05, 0.1) is 29.2 Å². The number of aromatic nitrogens is 2. The summed E-state index contributed by atoms with van der Waals surface area (Å²) in [5.74, 6) is 0.558. The molecule has 0 unspecified atom stereocenters. The summed E-state index contributed by atoms with van der Waals surface area (Å²) < 4.78 is 25.5. The molecule has 1 aromatic carbocycles. The largest absolute Gasteiger partial charge is 0.488 e. The van der Waals surface area contributed by atoms with E-state index in [0.717, 1.165) is 30.3 Å². The number of ether oxygens (including phenoxy) is 2. The molecule has 0 atom stereocenters. The van der Waals surface area contributed by atoms with Crippen LogP contribution in [0.25, 0.3) is 10.2 Å². The summed E-state index contributed by atoms with van der Waals surface area (Å²) in [6.07, 6.45) is 2.94. The fourth-order valence-corrected chi connectivity index (χ4v) is 4.94. The van der Waals surface area contributed by atoms with Crippen LogP contribution in [0.5, 0.6) is 5.75 Å². The van der Waals surface area contributed by atoms with Crippen molar-refractivity contribution >= 4 is 39.0 Å². The number of anilines is 2. The van der Waals surface area contributed by atoms with E-state index in [-0.39, 0.29) is 17.8 Å². The van der Waals surface area contributed by atoms with E-state index in [9.17, 15) is 9.18 Å². The van der Waals surface area contributed by atoms with E-state index in [1.807, 2.05) is 25.9 Å². The van der Waals surface area contributed by atoms with Crippen LogP contribution in [0.2, 0.25) is 0 Å². The number of hydrogen-bond donors (Lipinski definition) is 1. The van der Waals surface area contributed by atoms with Gasteiger partial charge in [0.15, 0.2) is 0 Å². The van der Waals surface area contributed by atoms with Gasteiger partial charge >= 0.3 is 0 Å². The summed E-state index contributed by atoms with van der Waals surface area (Å²) in [6, 6.07) is 4.40. The fourth-order valence-electron chi connectivity index (χ4n) is 3.79. The summed E-state index contributed by atoms with van der Waals surface area (Å²) in [5, 5.41) is 4.07. The maximum atomic E-state index is 14.0. The molecule has 1 fully saturated rings. The number of nitrogens with one attached hydrogen (secondary N) is 1. The number of likely N-dealkylation sites (N-methyl/N-ethyl adjacent to an activating group) is 2. The maximum absolute atomic E-state index is 14.0. The Kier molecular flexibility index (Phi) is 7.60. The van der Waals surface area contributed by atoms with Crippen molar-refractivity contribution in [2.24, 2.45) is 0 Å². The molecule has 1 N–H and O–H groups in total. The number of halogens is 1.